The number of hydrogen-bond donors (Lipinski definition) is 0. The molecule has 0 bridgehead atoms. The van der Waals surface area contributed by atoms with Gasteiger partial charge in [0.05, 0.1) is 0 Å². The average Bonchev–Trinajstić information content (AvgIpc) is 2.44. The molecular formula is C15H28BiN. The quantitative estimate of drug-likeness (QED) is 0.642. The zero-order chi connectivity index (χ0) is 13.3. The zero-order valence-corrected chi connectivity index (χ0v) is 16.0. The van der Waals surface area contributed by atoms with Gasteiger partial charge < -0.3 is 0 Å². The van der Waals surface area contributed by atoms with Crippen LogP contribution in [0.5, 0.6) is 0 Å². The fourth-order valence-corrected chi connectivity index (χ4v) is 15.9. The van der Waals surface area contributed by atoms with E-state index in [1.165, 1.54) is 8.26 Å². The molecule has 0 N–H and O–H groups in total. The summed E-state index contributed by atoms with van der Waals surface area (Å²) in [4.78, 5) is 0. The molecule has 0 aliphatic rings. The summed E-state index contributed by atoms with van der Waals surface area (Å²) in [6.07, 6.45) is 2.21. The first kappa shape index (κ1) is 15.2. The van der Waals surface area contributed by atoms with Crippen molar-refractivity contribution in [2.24, 2.45) is 17.9 Å². The van der Waals surface area contributed by atoms with Crippen LogP contribution < -0.4 is 3.40 Å². The Labute approximate surface area is 115 Å². The molecule has 1 aromatic rings. The predicted molar refractivity (Wildman–Crippen MR) is 79.3 cm³/mol. The summed E-state index contributed by atoms with van der Waals surface area (Å²) >= 11 is -1.58. The van der Waals surface area contributed by atoms with E-state index in [1.807, 2.05) is 0 Å². The van der Waals surface area contributed by atoms with E-state index in [1.54, 1.807) is 3.40 Å². The van der Waals surface area contributed by atoms with Crippen LogP contribution in [0.15, 0.2) is 18.3 Å². The second kappa shape index (κ2) is 5.43. The van der Waals surface area contributed by atoms with Crippen molar-refractivity contribution in [3.8, 4) is 0 Å². The third-order valence-corrected chi connectivity index (χ3v) is 17.2. The Balaban J connectivity index is 2.91. The van der Waals surface area contributed by atoms with Crippen molar-refractivity contribution in [3.63, 3.8) is 0 Å². The number of nitrogens with zero attached hydrogens (tertiary/aromatic N) is 1. The molecule has 0 aliphatic heterocycles. The summed E-state index contributed by atoms with van der Waals surface area (Å²) in [6.45, 7) is 14.3. The first-order valence-electron chi connectivity index (χ1n) is 6.45. The molecule has 1 nitrogen and oxygen atoms in total. The molecule has 1 rings (SSSR count). The molecule has 0 aliphatic carbocycles. The van der Waals surface area contributed by atoms with E-state index >= 15 is 0 Å². The van der Waals surface area contributed by atoms with Gasteiger partial charge in [-0.1, -0.05) is 0 Å². The summed E-state index contributed by atoms with van der Waals surface area (Å²) in [7, 11) is 2.21. The zero-order valence-electron chi connectivity index (χ0n) is 12.5. The molecule has 0 saturated carbocycles. The molecule has 0 aromatic carbocycles. The molecule has 1 heterocycles. The topological polar surface area (TPSA) is 4.93 Å². The number of hydrogen-bond acceptors (Lipinski definition) is 0. The minimum absolute atomic E-state index is 0.480. The summed E-state index contributed by atoms with van der Waals surface area (Å²) in [5.74, 6) is 0. The fourth-order valence-electron chi connectivity index (χ4n) is 2.14. The van der Waals surface area contributed by atoms with E-state index in [2.05, 4.69) is 71.5 Å². The van der Waals surface area contributed by atoms with E-state index in [9.17, 15) is 0 Å². The molecule has 0 fully saturated rings. The van der Waals surface area contributed by atoms with Crippen LogP contribution in [0.4, 0.5) is 0 Å². The van der Waals surface area contributed by atoms with Crippen molar-refractivity contribution < 1.29 is 0 Å². The normalized spacial score (nSPS) is 13.4. The summed E-state index contributed by atoms with van der Waals surface area (Å²) in [6, 6.07) is 4.58. The van der Waals surface area contributed by atoms with Gasteiger partial charge in [0.2, 0.25) is 0 Å². The maximum absolute atomic E-state index is 2.39. The van der Waals surface area contributed by atoms with Gasteiger partial charge in [0.1, 0.15) is 0 Å². The van der Waals surface area contributed by atoms with Gasteiger partial charge in [-0.3, -0.25) is 0 Å². The standard InChI is InChI=1S/C5H6N.2C5H11.Bi/c1-6-4-2-3-5-6;2*1-5(2,3)4;/h2-4H,1H3;2*1H2,2-4H3;. The van der Waals surface area contributed by atoms with Gasteiger partial charge in [-0.25, -0.2) is 0 Å². The van der Waals surface area contributed by atoms with Crippen LogP contribution in [0.2, 0.25) is 8.26 Å². The van der Waals surface area contributed by atoms with Gasteiger partial charge in [-0.2, -0.15) is 0 Å². The molecule has 0 unspecified atom stereocenters. The number of aromatic nitrogens is 1. The van der Waals surface area contributed by atoms with Crippen LogP contribution in [0.3, 0.4) is 0 Å². The Morgan fingerprint density at radius 3 is 1.76 bits per heavy atom. The molecule has 0 atom stereocenters. The van der Waals surface area contributed by atoms with Gasteiger partial charge in [-0.05, 0) is 0 Å². The van der Waals surface area contributed by atoms with Gasteiger partial charge in [-0.15, -0.1) is 0 Å². The van der Waals surface area contributed by atoms with Crippen molar-refractivity contribution in [2.75, 3.05) is 0 Å². The van der Waals surface area contributed by atoms with E-state index in [0.29, 0.717) is 10.8 Å². The van der Waals surface area contributed by atoms with E-state index in [0.717, 1.165) is 0 Å². The van der Waals surface area contributed by atoms with Crippen LogP contribution >= 0.6 is 0 Å². The Kier molecular flexibility index (Phi) is 4.86. The van der Waals surface area contributed by atoms with E-state index in [-0.39, 0.29) is 0 Å². The average molecular weight is 431 g/mol. The third-order valence-electron chi connectivity index (χ3n) is 2.57. The first-order chi connectivity index (χ1) is 7.58. The monoisotopic (exact) mass is 431 g/mol. The van der Waals surface area contributed by atoms with Crippen LogP contribution in [0.25, 0.3) is 0 Å². The van der Waals surface area contributed by atoms with Gasteiger partial charge in [0.15, 0.2) is 0 Å². The molecule has 2 heteroatoms. The van der Waals surface area contributed by atoms with Crippen molar-refractivity contribution in [1.29, 1.82) is 0 Å². The molecular weight excluding hydrogens is 403 g/mol. The minimum atomic E-state index is -1.58. The molecule has 98 valence electrons. The maximum atomic E-state index is 2.39. The molecule has 0 spiro atoms. The van der Waals surface area contributed by atoms with Crippen molar-refractivity contribution in [2.45, 2.75) is 49.8 Å². The Bertz CT molecular complexity index is 336. The second-order valence-corrected chi connectivity index (χ2v) is 15.9. The molecule has 0 radical (unpaired) electrons. The van der Waals surface area contributed by atoms with Gasteiger partial charge >= 0.3 is 116 Å². The summed E-state index contributed by atoms with van der Waals surface area (Å²) in [5.41, 5.74) is 0.959. The van der Waals surface area contributed by atoms with Crippen LogP contribution in [-0.4, -0.2) is 26.3 Å². The molecule has 0 saturated heterocycles. The van der Waals surface area contributed by atoms with Crippen molar-refractivity contribution in [3.05, 3.63) is 18.3 Å². The number of aryl methyl sites for hydroxylation is 1. The first-order valence-corrected chi connectivity index (χ1v) is 13.1. The summed E-state index contributed by atoms with van der Waals surface area (Å²) < 4.78 is 6.97. The molecule has 1 aromatic heterocycles. The van der Waals surface area contributed by atoms with Crippen LogP contribution in [-0.2, 0) is 7.05 Å². The van der Waals surface area contributed by atoms with Gasteiger partial charge in [0, 0.05) is 0 Å². The predicted octanol–water partition coefficient (Wildman–Crippen LogP) is 3.82. The van der Waals surface area contributed by atoms with E-state index < -0.39 is 21.8 Å². The van der Waals surface area contributed by atoms with Crippen molar-refractivity contribution in [1.82, 2.24) is 4.57 Å². The summed E-state index contributed by atoms with van der Waals surface area (Å²) in [5, 5.41) is 0. The van der Waals surface area contributed by atoms with Crippen LogP contribution in [0.1, 0.15) is 41.5 Å². The third kappa shape index (κ3) is 5.55. The fraction of sp³-hybridized carbons (Fsp3) is 0.733. The van der Waals surface area contributed by atoms with Crippen LogP contribution in [0, 0.1) is 10.8 Å². The second-order valence-electron chi connectivity index (χ2n) is 7.45. The Morgan fingerprint density at radius 1 is 1.00 bits per heavy atom. The Morgan fingerprint density at radius 2 is 1.47 bits per heavy atom. The van der Waals surface area contributed by atoms with Crippen molar-refractivity contribution >= 4 is 25.2 Å². The molecule has 17 heavy (non-hydrogen) atoms. The van der Waals surface area contributed by atoms with E-state index in [4.69, 9.17) is 0 Å². The number of rotatable bonds is 3. The Hall–Kier alpha value is 0.163. The van der Waals surface area contributed by atoms with Gasteiger partial charge in [0.25, 0.3) is 0 Å². The molecule has 0 amide bonds. The SMILES string of the molecule is Cn1ccc[c]1[Bi]([CH2]C(C)(C)C)[CH2]C(C)(C)C.